The van der Waals surface area contributed by atoms with Gasteiger partial charge in [0.15, 0.2) is 5.96 Å². The van der Waals surface area contributed by atoms with E-state index < -0.39 is 11.6 Å². The van der Waals surface area contributed by atoms with Crippen molar-refractivity contribution in [3.8, 4) is 0 Å². The molecule has 2 unspecified atom stereocenters. The lowest BCUT2D eigenvalue weighted by Crippen LogP contribution is -2.45. The number of hydrogen-bond acceptors (Lipinski definition) is 3. The minimum atomic E-state index is -0.538. The Hall–Kier alpha value is -1.89. The van der Waals surface area contributed by atoms with Crippen LogP contribution in [0.25, 0.3) is 0 Å². The molecule has 0 amide bonds. The summed E-state index contributed by atoms with van der Waals surface area (Å²) < 4.78 is 27.2. The van der Waals surface area contributed by atoms with E-state index in [0.29, 0.717) is 18.2 Å². The van der Waals surface area contributed by atoms with E-state index in [1.54, 1.807) is 0 Å². The van der Waals surface area contributed by atoms with Crippen molar-refractivity contribution in [1.82, 2.24) is 15.5 Å². The average Bonchev–Trinajstić information content (AvgIpc) is 3.23. The number of aliphatic imine (C=N–C) groups is 1. The first-order valence-electron chi connectivity index (χ1n) is 10.6. The SMILES string of the molecule is CCNC(=NCC1CCN(C2CC2)C1)NC1CCN(c2ccc(F)cc2F)C1. The molecule has 3 fully saturated rings. The molecular formula is C21H31F2N5. The summed E-state index contributed by atoms with van der Waals surface area (Å²) in [5.74, 6) is 0.453. The van der Waals surface area contributed by atoms with Crippen LogP contribution in [0.1, 0.15) is 32.6 Å². The van der Waals surface area contributed by atoms with E-state index in [2.05, 4.69) is 22.5 Å². The Bertz CT molecular complexity index is 706. The van der Waals surface area contributed by atoms with Gasteiger partial charge in [-0.1, -0.05) is 0 Å². The lowest BCUT2D eigenvalue weighted by Gasteiger charge is -2.21. The van der Waals surface area contributed by atoms with Crippen molar-refractivity contribution in [2.75, 3.05) is 44.2 Å². The highest BCUT2D eigenvalue weighted by Crippen LogP contribution is 2.31. The third kappa shape index (κ3) is 4.74. The molecule has 28 heavy (non-hydrogen) atoms. The van der Waals surface area contributed by atoms with Gasteiger partial charge in [0.1, 0.15) is 11.6 Å². The first kappa shape index (κ1) is 19.4. The molecule has 1 aromatic carbocycles. The Morgan fingerprint density at radius 1 is 1.14 bits per heavy atom. The molecule has 0 aromatic heterocycles. The fourth-order valence-electron chi connectivity index (χ4n) is 4.35. The number of hydrogen-bond donors (Lipinski definition) is 2. The van der Waals surface area contributed by atoms with Gasteiger partial charge in [0.2, 0.25) is 0 Å². The zero-order chi connectivity index (χ0) is 19.5. The average molecular weight is 392 g/mol. The van der Waals surface area contributed by atoms with Crippen molar-refractivity contribution in [3.05, 3.63) is 29.8 Å². The molecule has 2 aliphatic heterocycles. The minimum absolute atomic E-state index is 0.203. The van der Waals surface area contributed by atoms with Crippen LogP contribution in [0.15, 0.2) is 23.2 Å². The molecule has 2 N–H and O–H groups in total. The van der Waals surface area contributed by atoms with Gasteiger partial charge in [0.25, 0.3) is 0 Å². The summed E-state index contributed by atoms with van der Waals surface area (Å²) in [7, 11) is 0. The molecule has 0 bridgehead atoms. The third-order valence-electron chi connectivity index (χ3n) is 6.01. The van der Waals surface area contributed by atoms with Gasteiger partial charge in [0, 0.05) is 50.9 Å². The maximum absolute atomic E-state index is 14.1. The van der Waals surface area contributed by atoms with Crippen LogP contribution in [0.2, 0.25) is 0 Å². The summed E-state index contributed by atoms with van der Waals surface area (Å²) in [4.78, 5) is 9.42. The molecule has 5 nitrogen and oxygen atoms in total. The quantitative estimate of drug-likeness (QED) is 0.578. The van der Waals surface area contributed by atoms with E-state index in [1.807, 2.05) is 4.90 Å². The molecule has 0 radical (unpaired) electrons. The summed E-state index contributed by atoms with van der Waals surface area (Å²) in [5, 5.41) is 6.84. The zero-order valence-corrected chi connectivity index (χ0v) is 16.6. The van der Waals surface area contributed by atoms with Crippen molar-refractivity contribution in [1.29, 1.82) is 0 Å². The van der Waals surface area contributed by atoms with Crippen LogP contribution in [0.4, 0.5) is 14.5 Å². The van der Waals surface area contributed by atoms with Crippen LogP contribution in [-0.2, 0) is 0 Å². The van der Waals surface area contributed by atoms with E-state index in [1.165, 1.54) is 44.5 Å². The Kier molecular flexibility index (Phi) is 5.99. The smallest absolute Gasteiger partial charge is 0.191 e. The molecule has 7 heteroatoms. The standard InChI is InChI=1S/C21H31F2N5/c1-2-24-21(25-12-15-7-9-27(13-15)18-4-5-18)26-17-8-10-28(14-17)20-6-3-16(22)11-19(20)23/h3,6,11,15,17-18H,2,4-5,7-10,12-14H2,1H3,(H2,24,25,26). The van der Waals surface area contributed by atoms with Gasteiger partial charge < -0.3 is 20.4 Å². The lowest BCUT2D eigenvalue weighted by molar-refractivity contribution is 0.315. The normalized spacial score (nSPS) is 26.1. The van der Waals surface area contributed by atoms with E-state index >= 15 is 0 Å². The maximum atomic E-state index is 14.1. The fraction of sp³-hybridized carbons (Fsp3) is 0.667. The van der Waals surface area contributed by atoms with Gasteiger partial charge in [-0.25, -0.2) is 8.78 Å². The molecule has 4 rings (SSSR count). The monoisotopic (exact) mass is 391 g/mol. The summed E-state index contributed by atoms with van der Waals surface area (Å²) in [6, 6.07) is 4.84. The molecular weight excluding hydrogens is 360 g/mol. The molecule has 0 spiro atoms. The fourth-order valence-corrected chi connectivity index (χ4v) is 4.35. The number of benzene rings is 1. The zero-order valence-electron chi connectivity index (χ0n) is 16.6. The number of guanidine groups is 1. The molecule has 1 saturated carbocycles. The van der Waals surface area contributed by atoms with Crippen LogP contribution in [0, 0.1) is 17.6 Å². The van der Waals surface area contributed by atoms with Crippen LogP contribution in [0.5, 0.6) is 0 Å². The number of anilines is 1. The molecule has 2 saturated heterocycles. The van der Waals surface area contributed by atoms with Crippen molar-refractivity contribution < 1.29 is 8.78 Å². The first-order valence-corrected chi connectivity index (χ1v) is 10.6. The van der Waals surface area contributed by atoms with Gasteiger partial charge >= 0.3 is 0 Å². The number of nitrogens with one attached hydrogen (secondary N) is 2. The van der Waals surface area contributed by atoms with Gasteiger partial charge in [0.05, 0.1) is 5.69 Å². The van der Waals surface area contributed by atoms with E-state index in [4.69, 9.17) is 4.99 Å². The van der Waals surface area contributed by atoms with Gasteiger partial charge in [-0.15, -0.1) is 0 Å². The lowest BCUT2D eigenvalue weighted by atomic mass is 10.1. The van der Waals surface area contributed by atoms with Gasteiger partial charge in [-0.05, 0) is 57.2 Å². The highest BCUT2D eigenvalue weighted by molar-refractivity contribution is 5.80. The molecule has 2 heterocycles. The second kappa shape index (κ2) is 8.64. The van der Waals surface area contributed by atoms with E-state index in [-0.39, 0.29) is 6.04 Å². The van der Waals surface area contributed by atoms with Gasteiger partial charge in [-0.3, -0.25) is 4.99 Å². The second-order valence-electron chi connectivity index (χ2n) is 8.27. The summed E-state index contributed by atoms with van der Waals surface area (Å²) in [5.41, 5.74) is 0.471. The Morgan fingerprint density at radius 3 is 2.75 bits per heavy atom. The predicted molar refractivity (Wildman–Crippen MR) is 109 cm³/mol. The number of likely N-dealkylation sites (tertiary alicyclic amines) is 1. The molecule has 154 valence electrons. The molecule has 3 aliphatic rings. The number of nitrogens with zero attached hydrogens (tertiary/aromatic N) is 3. The van der Waals surface area contributed by atoms with E-state index in [9.17, 15) is 8.78 Å². The Labute approximate surface area is 166 Å². The maximum Gasteiger partial charge on any atom is 0.191 e. The topological polar surface area (TPSA) is 42.9 Å². The molecule has 1 aromatic rings. The number of halogens is 2. The van der Waals surface area contributed by atoms with Crippen molar-refractivity contribution in [2.24, 2.45) is 10.9 Å². The largest absolute Gasteiger partial charge is 0.367 e. The van der Waals surface area contributed by atoms with Crippen molar-refractivity contribution >= 4 is 11.6 Å². The van der Waals surface area contributed by atoms with Gasteiger partial charge in [-0.2, -0.15) is 0 Å². The van der Waals surface area contributed by atoms with E-state index in [0.717, 1.165) is 44.1 Å². The second-order valence-corrected chi connectivity index (χ2v) is 8.27. The summed E-state index contributed by atoms with van der Waals surface area (Å²) in [6.45, 7) is 7.56. The highest BCUT2D eigenvalue weighted by Gasteiger charge is 2.34. The predicted octanol–water partition coefficient (Wildman–Crippen LogP) is 2.58. The van der Waals surface area contributed by atoms with Crippen LogP contribution >= 0.6 is 0 Å². The first-order chi connectivity index (χ1) is 13.6. The summed E-state index contributed by atoms with van der Waals surface area (Å²) >= 11 is 0. The van der Waals surface area contributed by atoms with Crippen molar-refractivity contribution in [2.45, 2.75) is 44.7 Å². The Morgan fingerprint density at radius 2 is 2.00 bits per heavy atom. The number of rotatable bonds is 6. The van der Waals surface area contributed by atoms with Crippen LogP contribution in [0.3, 0.4) is 0 Å². The van der Waals surface area contributed by atoms with Crippen molar-refractivity contribution in [3.63, 3.8) is 0 Å². The third-order valence-corrected chi connectivity index (χ3v) is 6.01. The highest BCUT2D eigenvalue weighted by atomic mass is 19.1. The summed E-state index contributed by atoms with van der Waals surface area (Å²) in [6.07, 6.45) is 4.88. The minimum Gasteiger partial charge on any atom is -0.367 e. The molecule has 1 aliphatic carbocycles. The van der Waals surface area contributed by atoms with Crippen LogP contribution in [-0.4, -0.2) is 62.2 Å². The Balaban J connectivity index is 1.30. The van der Waals surface area contributed by atoms with Crippen LogP contribution < -0.4 is 15.5 Å². The molecule has 2 atom stereocenters.